The fourth-order valence-electron chi connectivity index (χ4n) is 1.17. The van der Waals surface area contributed by atoms with Gasteiger partial charge < -0.3 is 9.47 Å². The van der Waals surface area contributed by atoms with Crippen molar-refractivity contribution in [1.29, 1.82) is 0 Å². The fourth-order valence-corrected chi connectivity index (χ4v) is 1.60. The molecule has 12 heavy (non-hydrogen) atoms. The lowest BCUT2D eigenvalue weighted by molar-refractivity contribution is -0.0165. The predicted octanol–water partition coefficient (Wildman–Crippen LogP) is 2.28. The second-order valence-corrected chi connectivity index (χ2v) is 3.46. The van der Waals surface area contributed by atoms with Gasteiger partial charge in [0.05, 0.1) is 6.61 Å². The van der Waals surface area contributed by atoms with Crippen molar-refractivity contribution >= 4 is 11.8 Å². The zero-order valence-corrected chi connectivity index (χ0v) is 7.69. The van der Waals surface area contributed by atoms with Gasteiger partial charge in [-0.25, -0.2) is 0 Å². The number of rotatable bonds is 1. The van der Waals surface area contributed by atoms with E-state index in [2.05, 4.69) is 24.5 Å². The third kappa shape index (κ3) is 1.42. The Balaban J connectivity index is 2.36. The average molecular weight is 182 g/mol. The molecule has 0 bridgehead atoms. The number of hydrogen-bond donors (Lipinski definition) is 0. The summed E-state index contributed by atoms with van der Waals surface area (Å²) in [6.45, 7) is 1.05. The molecule has 3 heteroatoms. The van der Waals surface area contributed by atoms with E-state index in [-0.39, 0.29) is 0 Å². The van der Waals surface area contributed by atoms with Crippen LogP contribution in [0.15, 0.2) is 23.1 Å². The molecular weight excluding hydrogens is 172 g/mol. The monoisotopic (exact) mass is 182 g/mol. The van der Waals surface area contributed by atoms with Crippen LogP contribution in [0.5, 0.6) is 5.75 Å². The first-order chi connectivity index (χ1) is 5.90. The van der Waals surface area contributed by atoms with E-state index in [1.54, 1.807) is 11.8 Å². The Labute approximate surface area is 75.9 Å². The lowest BCUT2D eigenvalue weighted by Gasteiger charge is -2.17. The summed E-state index contributed by atoms with van der Waals surface area (Å²) in [5.41, 5.74) is 1.14. The van der Waals surface area contributed by atoms with Crippen LogP contribution in [0.3, 0.4) is 0 Å². The minimum Gasteiger partial charge on any atom is -0.467 e. The molecule has 0 N–H and O–H groups in total. The van der Waals surface area contributed by atoms with Gasteiger partial charge in [-0.1, -0.05) is 6.07 Å². The largest absolute Gasteiger partial charge is 0.467 e. The summed E-state index contributed by atoms with van der Waals surface area (Å²) in [6, 6.07) is 6.20. The van der Waals surface area contributed by atoms with E-state index in [9.17, 15) is 0 Å². The second kappa shape index (κ2) is 3.37. The Kier molecular flexibility index (Phi) is 2.23. The molecule has 2 rings (SSSR count). The first-order valence-corrected chi connectivity index (χ1v) is 5.00. The molecule has 1 aromatic carbocycles. The van der Waals surface area contributed by atoms with Gasteiger partial charge in [0, 0.05) is 10.5 Å². The molecule has 1 aliphatic rings. The zero-order valence-electron chi connectivity index (χ0n) is 6.87. The van der Waals surface area contributed by atoms with Crippen molar-refractivity contribution in [2.75, 3.05) is 13.0 Å². The molecule has 1 heterocycles. The topological polar surface area (TPSA) is 18.5 Å². The molecule has 0 amide bonds. The van der Waals surface area contributed by atoms with Crippen molar-refractivity contribution in [3.05, 3.63) is 23.8 Å². The van der Waals surface area contributed by atoms with E-state index in [1.165, 1.54) is 4.90 Å². The van der Waals surface area contributed by atoms with Crippen molar-refractivity contribution in [3.8, 4) is 5.75 Å². The number of thioether (sulfide) groups is 1. The Morgan fingerprint density at radius 1 is 1.42 bits per heavy atom. The molecule has 0 saturated heterocycles. The van der Waals surface area contributed by atoms with Crippen LogP contribution in [-0.2, 0) is 11.3 Å². The molecule has 0 aliphatic carbocycles. The molecule has 0 fully saturated rings. The summed E-state index contributed by atoms with van der Waals surface area (Å²) in [5.74, 6) is 0.966. The molecule has 0 atom stereocenters. The van der Waals surface area contributed by atoms with Gasteiger partial charge in [-0.2, -0.15) is 0 Å². The summed E-state index contributed by atoms with van der Waals surface area (Å²) >= 11 is 1.72. The molecule has 0 aromatic heterocycles. The van der Waals surface area contributed by atoms with Crippen LogP contribution in [0.1, 0.15) is 5.56 Å². The maximum Gasteiger partial charge on any atom is 0.189 e. The van der Waals surface area contributed by atoms with Crippen LogP contribution in [0, 0.1) is 0 Å². The van der Waals surface area contributed by atoms with Gasteiger partial charge in [-0.05, 0) is 18.4 Å². The molecule has 2 nitrogen and oxygen atoms in total. The average Bonchev–Trinajstić information content (AvgIpc) is 2.17. The van der Waals surface area contributed by atoms with Crippen molar-refractivity contribution < 1.29 is 9.47 Å². The summed E-state index contributed by atoms with van der Waals surface area (Å²) in [7, 11) is 0. The summed E-state index contributed by atoms with van der Waals surface area (Å²) < 4.78 is 10.5. The van der Waals surface area contributed by atoms with Crippen LogP contribution in [0.4, 0.5) is 0 Å². The van der Waals surface area contributed by atoms with Gasteiger partial charge in [0.25, 0.3) is 0 Å². The Hall–Kier alpha value is -0.670. The molecule has 0 saturated carbocycles. The van der Waals surface area contributed by atoms with Crippen molar-refractivity contribution in [1.82, 2.24) is 0 Å². The van der Waals surface area contributed by atoms with Crippen molar-refractivity contribution in [3.63, 3.8) is 0 Å². The highest BCUT2D eigenvalue weighted by Gasteiger charge is 2.09. The van der Waals surface area contributed by atoms with E-state index in [1.807, 2.05) is 0 Å². The highest BCUT2D eigenvalue weighted by molar-refractivity contribution is 7.98. The van der Waals surface area contributed by atoms with Gasteiger partial charge in [0.15, 0.2) is 6.79 Å². The van der Waals surface area contributed by atoms with E-state index < -0.39 is 0 Å². The van der Waals surface area contributed by atoms with Gasteiger partial charge in [0.2, 0.25) is 0 Å². The molecule has 64 valence electrons. The molecule has 1 aliphatic heterocycles. The molecular formula is C9H10O2S. The van der Waals surface area contributed by atoms with Gasteiger partial charge in [-0.15, -0.1) is 11.8 Å². The van der Waals surface area contributed by atoms with E-state index in [0.717, 1.165) is 11.3 Å². The minimum absolute atomic E-state index is 0.380. The van der Waals surface area contributed by atoms with E-state index in [0.29, 0.717) is 13.4 Å². The number of fused-ring (bicyclic) bond motifs is 1. The summed E-state index contributed by atoms with van der Waals surface area (Å²) in [6.07, 6.45) is 2.06. The fraction of sp³-hybridized carbons (Fsp3) is 0.333. The molecule has 0 radical (unpaired) electrons. The zero-order chi connectivity index (χ0) is 8.39. The summed E-state index contributed by atoms with van der Waals surface area (Å²) in [4.78, 5) is 1.23. The van der Waals surface area contributed by atoms with Gasteiger partial charge >= 0.3 is 0 Å². The maximum absolute atomic E-state index is 5.33. The van der Waals surface area contributed by atoms with Crippen LogP contribution in [-0.4, -0.2) is 13.0 Å². The standard InChI is InChI=1S/C9H10O2S/c1-12-8-3-2-7-5-10-6-11-9(7)4-8/h2-4H,5-6H2,1H3. The SMILES string of the molecule is CSc1ccc2c(c1)OCOC2. The highest BCUT2D eigenvalue weighted by Crippen LogP contribution is 2.28. The lowest BCUT2D eigenvalue weighted by Crippen LogP contribution is -2.10. The van der Waals surface area contributed by atoms with Crippen LogP contribution >= 0.6 is 11.8 Å². The Morgan fingerprint density at radius 2 is 2.33 bits per heavy atom. The highest BCUT2D eigenvalue weighted by atomic mass is 32.2. The van der Waals surface area contributed by atoms with Crippen molar-refractivity contribution in [2.24, 2.45) is 0 Å². The number of hydrogen-bond acceptors (Lipinski definition) is 3. The van der Waals surface area contributed by atoms with Crippen LogP contribution < -0.4 is 4.74 Å². The second-order valence-electron chi connectivity index (χ2n) is 2.58. The van der Waals surface area contributed by atoms with Gasteiger partial charge in [-0.3, -0.25) is 0 Å². The lowest BCUT2D eigenvalue weighted by atomic mass is 10.2. The first-order valence-electron chi connectivity index (χ1n) is 3.77. The van der Waals surface area contributed by atoms with Crippen LogP contribution in [0.25, 0.3) is 0 Å². The molecule has 0 unspecified atom stereocenters. The third-order valence-corrected chi connectivity index (χ3v) is 2.55. The quantitative estimate of drug-likeness (QED) is 0.621. The molecule has 0 spiro atoms. The van der Waals surface area contributed by atoms with E-state index in [4.69, 9.17) is 9.47 Å². The predicted molar refractivity (Wildman–Crippen MR) is 48.5 cm³/mol. The Bertz CT molecular complexity index is 286. The van der Waals surface area contributed by atoms with E-state index >= 15 is 0 Å². The number of ether oxygens (including phenoxy) is 2. The van der Waals surface area contributed by atoms with Gasteiger partial charge in [0.1, 0.15) is 5.75 Å². The first kappa shape index (κ1) is 7.95. The minimum atomic E-state index is 0.380. The molecule has 1 aromatic rings. The van der Waals surface area contributed by atoms with Crippen LogP contribution in [0.2, 0.25) is 0 Å². The third-order valence-electron chi connectivity index (χ3n) is 1.83. The maximum atomic E-state index is 5.33. The van der Waals surface area contributed by atoms with Crippen molar-refractivity contribution in [2.45, 2.75) is 11.5 Å². The normalized spacial score (nSPS) is 15.1. The smallest absolute Gasteiger partial charge is 0.189 e. The Morgan fingerprint density at radius 3 is 3.17 bits per heavy atom. The summed E-state index contributed by atoms with van der Waals surface area (Å²) in [5, 5.41) is 0. The number of benzene rings is 1.